The first-order chi connectivity index (χ1) is 8.66. The molecule has 0 amide bonds. The summed E-state index contributed by atoms with van der Waals surface area (Å²) in [6.07, 6.45) is 0. The molecule has 0 aliphatic heterocycles. The maximum Gasteiger partial charge on any atom is 0.363 e. The molecular formula is C11H8N4O3. The van der Waals surface area contributed by atoms with Crippen LogP contribution in [0.4, 0.5) is 0 Å². The van der Waals surface area contributed by atoms with Crippen molar-refractivity contribution in [3.63, 3.8) is 0 Å². The van der Waals surface area contributed by atoms with Gasteiger partial charge in [0.15, 0.2) is 5.65 Å². The first-order valence-electron chi connectivity index (χ1n) is 5.22. The summed E-state index contributed by atoms with van der Waals surface area (Å²) in [5.74, 6) is -1.00. The zero-order valence-electron chi connectivity index (χ0n) is 9.12. The number of para-hydroxylation sites is 1. The van der Waals surface area contributed by atoms with Gasteiger partial charge in [-0.3, -0.25) is 4.79 Å². The van der Waals surface area contributed by atoms with Crippen LogP contribution < -0.4 is 5.69 Å². The van der Waals surface area contributed by atoms with E-state index >= 15 is 0 Å². The third-order valence-corrected chi connectivity index (χ3v) is 2.68. The second kappa shape index (κ2) is 3.66. The quantitative estimate of drug-likeness (QED) is 0.677. The van der Waals surface area contributed by atoms with Gasteiger partial charge in [-0.05, 0) is 6.07 Å². The van der Waals surface area contributed by atoms with Crippen molar-refractivity contribution in [3.05, 3.63) is 34.7 Å². The topological polar surface area (TPSA) is 101 Å². The molecular weight excluding hydrogens is 236 g/mol. The van der Waals surface area contributed by atoms with Gasteiger partial charge in [0.2, 0.25) is 0 Å². The SMILES string of the molecule is O=C(O)Cn1c2ccccc2c2n[nH]c(=O)nc21. The van der Waals surface area contributed by atoms with Crippen molar-refractivity contribution in [1.82, 2.24) is 19.7 Å². The Hall–Kier alpha value is -2.70. The minimum Gasteiger partial charge on any atom is -0.480 e. The zero-order chi connectivity index (χ0) is 12.7. The highest BCUT2D eigenvalue weighted by molar-refractivity contribution is 6.04. The first kappa shape index (κ1) is 10.5. The van der Waals surface area contributed by atoms with E-state index in [1.54, 1.807) is 12.1 Å². The minimum atomic E-state index is -1.00. The number of carboxylic acid groups (broad SMARTS) is 1. The monoisotopic (exact) mass is 244 g/mol. The third-order valence-electron chi connectivity index (χ3n) is 2.68. The highest BCUT2D eigenvalue weighted by Gasteiger charge is 2.14. The number of fused-ring (bicyclic) bond motifs is 3. The van der Waals surface area contributed by atoms with E-state index in [1.165, 1.54) is 4.57 Å². The molecule has 3 aromatic rings. The van der Waals surface area contributed by atoms with Crippen molar-refractivity contribution < 1.29 is 9.90 Å². The molecule has 0 fully saturated rings. The molecule has 0 aliphatic rings. The lowest BCUT2D eigenvalue weighted by molar-refractivity contribution is -0.137. The molecule has 7 heteroatoms. The number of hydrogen-bond acceptors (Lipinski definition) is 4. The summed E-state index contributed by atoms with van der Waals surface area (Å²) >= 11 is 0. The van der Waals surface area contributed by atoms with Crippen molar-refractivity contribution in [2.24, 2.45) is 0 Å². The maximum absolute atomic E-state index is 11.2. The van der Waals surface area contributed by atoms with Crippen molar-refractivity contribution in [1.29, 1.82) is 0 Å². The van der Waals surface area contributed by atoms with Crippen LogP contribution in [0.5, 0.6) is 0 Å². The Morgan fingerprint density at radius 3 is 2.94 bits per heavy atom. The van der Waals surface area contributed by atoms with E-state index in [-0.39, 0.29) is 12.2 Å². The molecule has 0 unspecified atom stereocenters. The number of aromatic nitrogens is 4. The number of hydrogen-bond donors (Lipinski definition) is 2. The van der Waals surface area contributed by atoms with Gasteiger partial charge >= 0.3 is 11.7 Å². The van der Waals surface area contributed by atoms with E-state index in [0.29, 0.717) is 11.0 Å². The summed E-state index contributed by atoms with van der Waals surface area (Å²) in [4.78, 5) is 25.9. The van der Waals surface area contributed by atoms with Crippen LogP contribution in [-0.4, -0.2) is 30.8 Å². The standard InChI is InChI=1S/C11H8N4O3/c16-8(17)5-15-7-4-2-1-3-6(7)9-10(15)12-11(18)14-13-9/h1-4H,5H2,(H,16,17)(H,12,14,18). The molecule has 1 aromatic carbocycles. The highest BCUT2D eigenvalue weighted by atomic mass is 16.4. The summed E-state index contributed by atoms with van der Waals surface area (Å²) in [5, 5.41) is 15.9. The Bertz CT molecular complexity index is 818. The number of carbonyl (C=O) groups is 1. The Balaban J connectivity index is 2.50. The predicted molar refractivity (Wildman–Crippen MR) is 63.3 cm³/mol. The van der Waals surface area contributed by atoms with E-state index in [1.807, 2.05) is 12.1 Å². The van der Waals surface area contributed by atoms with Gasteiger partial charge in [0.05, 0.1) is 5.52 Å². The third kappa shape index (κ3) is 1.45. The van der Waals surface area contributed by atoms with Gasteiger partial charge in [0.1, 0.15) is 12.1 Å². The number of nitrogens with one attached hydrogen (secondary N) is 1. The predicted octanol–water partition coefficient (Wildman–Crippen LogP) is 0.357. The number of aliphatic carboxylic acids is 1. The Morgan fingerprint density at radius 1 is 1.39 bits per heavy atom. The van der Waals surface area contributed by atoms with Gasteiger partial charge in [-0.1, -0.05) is 18.2 Å². The number of H-pyrrole nitrogens is 1. The van der Waals surface area contributed by atoms with Gasteiger partial charge in [-0.25, -0.2) is 9.89 Å². The van der Waals surface area contributed by atoms with E-state index in [0.717, 1.165) is 5.39 Å². The molecule has 0 saturated carbocycles. The van der Waals surface area contributed by atoms with Crippen LogP contribution >= 0.6 is 0 Å². The summed E-state index contributed by atoms with van der Waals surface area (Å²) in [6, 6.07) is 7.19. The largest absolute Gasteiger partial charge is 0.480 e. The van der Waals surface area contributed by atoms with Crippen LogP contribution in [0.1, 0.15) is 0 Å². The fourth-order valence-electron chi connectivity index (χ4n) is 2.02. The Morgan fingerprint density at radius 2 is 2.17 bits per heavy atom. The van der Waals surface area contributed by atoms with Gasteiger partial charge < -0.3 is 9.67 Å². The molecule has 2 aromatic heterocycles. The summed E-state index contributed by atoms with van der Waals surface area (Å²) in [5.41, 5.74) is 0.861. The fraction of sp³-hybridized carbons (Fsp3) is 0.0909. The maximum atomic E-state index is 11.2. The first-order valence-corrected chi connectivity index (χ1v) is 5.22. The minimum absolute atomic E-state index is 0.262. The van der Waals surface area contributed by atoms with Crippen LogP contribution in [0.15, 0.2) is 29.1 Å². The molecule has 90 valence electrons. The number of carboxylic acids is 1. The van der Waals surface area contributed by atoms with Gasteiger partial charge in [0, 0.05) is 5.39 Å². The molecule has 2 heterocycles. The van der Waals surface area contributed by atoms with Crippen LogP contribution in [0.3, 0.4) is 0 Å². The van der Waals surface area contributed by atoms with E-state index < -0.39 is 11.7 Å². The van der Waals surface area contributed by atoms with Crippen molar-refractivity contribution >= 4 is 28.0 Å². The molecule has 3 rings (SSSR count). The lowest BCUT2D eigenvalue weighted by Crippen LogP contribution is -2.15. The average Bonchev–Trinajstić information content (AvgIpc) is 2.63. The molecule has 0 saturated heterocycles. The molecule has 2 N–H and O–H groups in total. The normalized spacial score (nSPS) is 11.1. The van der Waals surface area contributed by atoms with E-state index in [9.17, 15) is 9.59 Å². The van der Waals surface area contributed by atoms with E-state index in [4.69, 9.17) is 5.11 Å². The fourth-order valence-corrected chi connectivity index (χ4v) is 2.02. The van der Waals surface area contributed by atoms with Crippen molar-refractivity contribution in [2.75, 3.05) is 0 Å². The Kier molecular flexibility index (Phi) is 2.12. The number of benzene rings is 1. The second-order valence-corrected chi connectivity index (χ2v) is 3.81. The zero-order valence-corrected chi connectivity index (χ0v) is 9.12. The van der Waals surface area contributed by atoms with Crippen LogP contribution in [0.2, 0.25) is 0 Å². The van der Waals surface area contributed by atoms with Crippen LogP contribution in [0, 0.1) is 0 Å². The summed E-state index contributed by atoms with van der Waals surface area (Å²) in [6.45, 7) is -0.262. The highest BCUT2D eigenvalue weighted by Crippen LogP contribution is 2.24. The van der Waals surface area contributed by atoms with Crippen LogP contribution in [-0.2, 0) is 11.3 Å². The lowest BCUT2D eigenvalue weighted by Gasteiger charge is -2.01. The van der Waals surface area contributed by atoms with E-state index in [2.05, 4.69) is 15.2 Å². The molecule has 18 heavy (non-hydrogen) atoms. The lowest BCUT2D eigenvalue weighted by atomic mass is 10.2. The molecule has 0 atom stereocenters. The van der Waals surface area contributed by atoms with Crippen molar-refractivity contribution in [3.8, 4) is 0 Å². The van der Waals surface area contributed by atoms with Crippen LogP contribution in [0.25, 0.3) is 22.1 Å². The molecule has 0 bridgehead atoms. The average molecular weight is 244 g/mol. The Labute approximate surface area is 99.7 Å². The molecule has 0 aliphatic carbocycles. The van der Waals surface area contributed by atoms with Gasteiger partial charge in [0.25, 0.3) is 0 Å². The number of rotatable bonds is 2. The van der Waals surface area contributed by atoms with Gasteiger partial charge in [-0.15, -0.1) is 0 Å². The smallest absolute Gasteiger partial charge is 0.363 e. The summed E-state index contributed by atoms with van der Waals surface area (Å²) < 4.78 is 1.47. The van der Waals surface area contributed by atoms with Crippen molar-refractivity contribution in [2.45, 2.75) is 6.54 Å². The van der Waals surface area contributed by atoms with Gasteiger partial charge in [-0.2, -0.15) is 10.1 Å². The number of nitrogens with zero attached hydrogens (tertiary/aromatic N) is 3. The number of aromatic amines is 1. The molecule has 7 nitrogen and oxygen atoms in total. The molecule has 0 spiro atoms. The molecule has 0 radical (unpaired) electrons. The summed E-state index contributed by atoms with van der Waals surface area (Å²) in [7, 11) is 0. The second-order valence-electron chi connectivity index (χ2n) is 3.81.